The smallest absolute Gasteiger partial charge is 0.195 e. The molecule has 1 saturated carbocycles. The van der Waals surface area contributed by atoms with Crippen molar-refractivity contribution in [1.82, 2.24) is 5.32 Å². The molecule has 6 heteroatoms. The summed E-state index contributed by atoms with van der Waals surface area (Å²) < 4.78 is 10.9. The molecule has 1 aromatic carbocycles. The zero-order valence-corrected chi connectivity index (χ0v) is 16.2. The molecule has 1 atom stereocenters. The van der Waals surface area contributed by atoms with Crippen LogP contribution in [-0.2, 0) is 0 Å². The first-order valence-electron chi connectivity index (χ1n) is 7.31. The van der Waals surface area contributed by atoms with Gasteiger partial charge < -0.3 is 20.1 Å². The summed E-state index contributed by atoms with van der Waals surface area (Å²) in [6.07, 6.45) is 1.17. The number of rotatable bonds is 5. The van der Waals surface area contributed by atoms with E-state index in [0.717, 1.165) is 17.4 Å². The molecular weight excluding hydrogens is 393 g/mol. The first-order valence-corrected chi connectivity index (χ1v) is 7.31. The Morgan fingerprint density at radius 3 is 2.55 bits per heavy atom. The van der Waals surface area contributed by atoms with Crippen LogP contribution >= 0.6 is 24.0 Å². The van der Waals surface area contributed by atoms with Gasteiger partial charge in [0.1, 0.15) is 0 Å². The molecule has 124 valence electrons. The van der Waals surface area contributed by atoms with Gasteiger partial charge in [-0.1, -0.05) is 13.8 Å². The quantitative estimate of drug-likeness (QED) is 0.436. The topological polar surface area (TPSA) is 54.9 Å². The minimum Gasteiger partial charge on any atom is -0.493 e. The van der Waals surface area contributed by atoms with Crippen molar-refractivity contribution in [3.8, 4) is 11.5 Å². The molecule has 1 aromatic rings. The molecule has 0 radical (unpaired) electrons. The summed E-state index contributed by atoms with van der Waals surface area (Å²) in [4.78, 5) is 4.27. The van der Waals surface area contributed by atoms with Crippen LogP contribution in [0.25, 0.3) is 0 Å². The van der Waals surface area contributed by atoms with Gasteiger partial charge in [0.25, 0.3) is 0 Å². The van der Waals surface area contributed by atoms with E-state index >= 15 is 0 Å². The van der Waals surface area contributed by atoms with Gasteiger partial charge in [0, 0.05) is 24.8 Å². The minimum atomic E-state index is 0. The predicted molar refractivity (Wildman–Crippen MR) is 102 cm³/mol. The lowest BCUT2D eigenvalue weighted by Crippen LogP contribution is -2.34. The Balaban J connectivity index is 0.00000242. The van der Waals surface area contributed by atoms with E-state index in [9.17, 15) is 0 Å². The number of hydrogen-bond donors (Lipinski definition) is 2. The van der Waals surface area contributed by atoms with Gasteiger partial charge in [0.2, 0.25) is 0 Å². The molecule has 0 saturated heterocycles. The molecule has 1 unspecified atom stereocenters. The van der Waals surface area contributed by atoms with Crippen LogP contribution in [0.1, 0.15) is 27.2 Å². The molecule has 0 aromatic heterocycles. The number of benzene rings is 1. The maximum Gasteiger partial charge on any atom is 0.195 e. The average molecular weight is 419 g/mol. The average Bonchev–Trinajstić information content (AvgIpc) is 3.06. The van der Waals surface area contributed by atoms with Gasteiger partial charge in [-0.05, 0) is 30.9 Å². The van der Waals surface area contributed by atoms with Crippen LogP contribution in [-0.4, -0.2) is 32.8 Å². The monoisotopic (exact) mass is 419 g/mol. The van der Waals surface area contributed by atoms with Crippen molar-refractivity contribution < 1.29 is 9.47 Å². The van der Waals surface area contributed by atoms with E-state index in [4.69, 9.17) is 9.47 Å². The van der Waals surface area contributed by atoms with E-state index in [-0.39, 0.29) is 24.0 Å². The number of nitrogens with one attached hydrogen (secondary N) is 2. The summed E-state index contributed by atoms with van der Waals surface area (Å²) >= 11 is 0. The zero-order chi connectivity index (χ0) is 15.5. The maximum absolute atomic E-state index is 5.52. The number of hydrogen-bond acceptors (Lipinski definition) is 3. The maximum atomic E-state index is 5.52. The van der Waals surface area contributed by atoms with Crippen molar-refractivity contribution in [2.45, 2.75) is 33.2 Å². The Labute approximate surface area is 149 Å². The van der Waals surface area contributed by atoms with E-state index in [1.54, 1.807) is 14.2 Å². The third-order valence-corrected chi connectivity index (χ3v) is 3.77. The van der Waals surface area contributed by atoms with Gasteiger partial charge in [-0.3, -0.25) is 4.99 Å². The Hall–Kier alpha value is -1.18. The standard InChI is InChI=1S/C16H25N3O2.HI/c1-6-21-12-8-7-11(9-13(12)20-5)18-15(17-4)19-14-10-16(14,2)3;/h7-9,14H,6,10H2,1-5H3,(H2,17,18,19);1H. The number of anilines is 1. The number of aliphatic imine (C=N–C) groups is 1. The van der Waals surface area contributed by atoms with Crippen molar-refractivity contribution in [2.24, 2.45) is 10.4 Å². The van der Waals surface area contributed by atoms with Crippen LogP contribution in [0, 0.1) is 5.41 Å². The lowest BCUT2D eigenvalue weighted by Gasteiger charge is -2.15. The molecule has 22 heavy (non-hydrogen) atoms. The number of ether oxygens (including phenoxy) is 2. The van der Waals surface area contributed by atoms with E-state index in [1.807, 2.05) is 25.1 Å². The Morgan fingerprint density at radius 2 is 2.05 bits per heavy atom. The fraction of sp³-hybridized carbons (Fsp3) is 0.562. The molecule has 1 fully saturated rings. The lowest BCUT2D eigenvalue weighted by atomic mass is 10.2. The molecule has 2 rings (SSSR count). The zero-order valence-electron chi connectivity index (χ0n) is 13.9. The van der Waals surface area contributed by atoms with Gasteiger partial charge >= 0.3 is 0 Å². The Morgan fingerprint density at radius 1 is 1.36 bits per heavy atom. The fourth-order valence-electron chi connectivity index (χ4n) is 2.19. The molecule has 1 aliphatic carbocycles. The van der Waals surface area contributed by atoms with Crippen LogP contribution in [0.3, 0.4) is 0 Å². The highest BCUT2D eigenvalue weighted by Gasteiger charge is 2.46. The summed E-state index contributed by atoms with van der Waals surface area (Å²) in [7, 11) is 3.41. The number of methoxy groups -OCH3 is 1. The molecule has 0 spiro atoms. The van der Waals surface area contributed by atoms with Gasteiger partial charge in [-0.15, -0.1) is 24.0 Å². The van der Waals surface area contributed by atoms with Crippen molar-refractivity contribution in [2.75, 3.05) is 26.1 Å². The summed E-state index contributed by atoms with van der Waals surface area (Å²) in [5.41, 5.74) is 1.27. The van der Waals surface area contributed by atoms with Crippen LogP contribution in [0.15, 0.2) is 23.2 Å². The molecule has 0 heterocycles. The first-order chi connectivity index (χ1) is 10.00. The molecule has 1 aliphatic rings. The van der Waals surface area contributed by atoms with Gasteiger partial charge in [0.05, 0.1) is 13.7 Å². The van der Waals surface area contributed by atoms with E-state index in [2.05, 4.69) is 29.5 Å². The van der Waals surface area contributed by atoms with Crippen LogP contribution in [0.5, 0.6) is 11.5 Å². The molecule has 0 amide bonds. The van der Waals surface area contributed by atoms with Gasteiger partial charge in [0.15, 0.2) is 17.5 Å². The van der Waals surface area contributed by atoms with Crippen LogP contribution in [0.2, 0.25) is 0 Å². The van der Waals surface area contributed by atoms with Crippen molar-refractivity contribution in [3.63, 3.8) is 0 Å². The summed E-state index contributed by atoms with van der Waals surface area (Å²) in [5, 5.41) is 6.71. The third-order valence-electron chi connectivity index (χ3n) is 3.77. The summed E-state index contributed by atoms with van der Waals surface area (Å²) in [6, 6.07) is 6.25. The van der Waals surface area contributed by atoms with Crippen molar-refractivity contribution >= 4 is 35.6 Å². The van der Waals surface area contributed by atoms with Crippen molar-refractivity contribution in [1.29, 1.82) is 0 Å². The van der Waals surface area contributed by atoms with E-state index in [0.29, 0.717) is 23.8 Å². The Kier molecular flexibility index (Phi) is 6.77. The SMILES string of the molecule is CCOc1ccc(NC(=NC)NC2CC2(C)C)cc1OC.I. The second kappa shape index (κ2) is 7.89. The second-order valence-electron chi connectivity index (χ2n) is 5.89. The number of halogens is 1. The normalized spacial score (nSPS) is 19.0. The number of nitrogens with zero attached hydrogens (tertiary/aromatic N) is 1. The molecule has 2 N–H and O–H groups in total. The molecule has 5 nitrogen and oxygen atoms in total. The lowest BCUT2D eigenvalue weighted by molar-refractivity contribution is 0.311. The fourth-order valence-corrected chi connectivity index (χ4v) is 2.19. The summed E-state index contributed by atoms with van der Waals surface area (Å²) in [6.45, 7) is 7.06. The van der Waals surface area contributed by atoms with E-state index < -0.39 is 0 Å². The number of guanidine groups is 1. The van der Waals surface area contributed by atoms with Gasteiger partial charge in [-0.25, -0.2) is 0 Å². The van der Waals surface area contributed by atoms with Gasteiger partial charge in [-0.2, -0.15) is 0 Å². The first kappa shape index (κ1) is 18.9. The minimum absolute atomic E-state index is 0. The highest BCUT2D eigenvalue weighted by Crippen LogP contribution is 2.44. The second-order valence-corrected chi connectivity index (χ2v) is 5.89. The van der Waals surface area contributed by atoms with Crippen LogP contribution < -0.4 is 20.1 Å². The third kappa shape index (κ3) is 4.66. The van der Waals surface area contributed by atoms with Crippen molar-refractivity contribution in [3.05, 3.63) is 18.2 Å². The predicted octanol–water partition coefficient (Wildman–Crippen LogP) is 3.50. The molecule has 0 aliphatic heterocycles. The Bertz CT molecular complexity index is 532. The largest absolute Gasteiger partial charge is 0.493 e. The summed E-state index contributed by atoms with van der Waals surface area (Å²) in [5.74, 6) is 2.23. The molecule has 0 bridgehead atoms. The van der Waals surface area contributed by atoms with E-state index in [1.165, 1.54) is 6.42 Å². The highest BCUT2D eigenvalue weighted by atomic mass is 127. The molecular formula is C16H26IN3O2. The van der Waals surface area contributed by atoms with Crippen LogP contribution in [0.4, 0.5) is 5.69 Å². The highest BCUT2D eigenvalue weighted by molar-refractivity contribution is 14.0.